The van der Waals surface area contributed by atoms with Gasteiger partial charge in [-0.05, 0) is 47.0 Å². The lowest BCUT2D eigenvalue weighted by molar-refractivity contribution is -0.170. The summed E-state index contributed by atoms with van der Waals surface area (Å²) in [5, 5.41) is 0. The number of ether oxygens (including phenoxy) is 2. The van der Waals surface area contributed by atoms with Crippen molar-refractivity contribution in [1.29, 1.82) is 0 Å². The molecule has 5 heteroatoms. The molecule has 0 aliphatic carbocycles. The predicted molar refractivity (Wildman–Crippen MR) is 80.9 cm³/mol. The molecule has 1 aliphatic heterocycles. The topological polar surface area (TPSA) is 55.8 Å². The number of allylic oxidation sites excluding steroid dienone is 1. The zero-order chi connectivity index (χ0) is 16.1. The average molecular weight is 297 g/mol. The Labute approximate surface area is 127 Å². The van der Waals surface area contributed by atoms with Gasteiger partial charge < -0.3 is 14.4 Å². The number of esters is 1. The van der Waals surface area contributed by atoms with Crippen molar-refractivity contribution in [3.05, 3.63) is 12.7 Å². The molecule has 1 fully saturated rings. The molecule has 120 valence electrons. The number of amides is 1. The van der Waals surface area contributed by atoms with E-state index in [9.17, 15) is 9.59 Å². The number of nitrogens with zero attached hydrogens (tertiary/aromatic N) is 1. The molecule has 0 N–H and O–H groups in total. The molecule has 1 saturated heterocycles. The average Bonchev–Trinajstić information content (AvgIpc) is 2.38. The Kier molecular flexibility index (Phi) is 5.81. The smallest absolute Gasteiger partial charge is 0.409 e. The summed E-state index contributed by atoms with van der Waals surface area (Å²) in [5.41, 5.74) is -1.08. The van der Waals surface area contributed by atoms with E-state index < -0.39 is 11.0 Å². The standard InChI is InChI=1S/C16H27NO4/c1-6-8-16(13(18)21-15(3,4)5)9-11-17(12-10-16)14(19)20-7-2/h6H,1,7-12H2,2-5H3. The van der Waals surface area contributed by atoms with Gasteiger partial charge in [-0.1, -0.05) is 6.08 Å². The molecule has 0 spiro atoms. The van der Waals surface area contributed by atoms with Crippen LogP contribution < -0.4 is 0 Å². The van der Waals surface area contributed by atoms with Crippen molar-refractivity contribution in [1.82, 2.24) is 4.90 Å². The van der Waals surface area contributed by atoms with Crippen molar-refractivity contribution in [2.75, 3.05) is 19.7 Å². The van der Waals surface area contributed by atoms with Gasteiger partial charge in [0.1, 0.15) is 5.60 Å². The van der Waals surface area contributed by atoms with Crippen molar-refractivity contribution in [3.63, 3.8) is 0 Å². The fraction of sp³-hybridized carbons (Fsp3) is 0.750. The van der Waals surface area contributed by atoms with Crippen LogP contribution in [0.4, 0.5) is 4.79 Å². The van der Waals surface area contributed by atoms with Crippen LogP contribution in [0.15, 0.2) is 12.7 Å². The number of hydrogen-bond donors (Lipinski definition) is 0. The van der Waals surface area contributed by atoms with E-state index in [1.165, 1.54) is 0 Å². The minimum Gasteiger partial charge on any atom is -0.460 e. The number of likely N-dealkylation sites (tertiary alicyclic amines) is 1. The van der Waals surface area contributed by atoms with Crippen LogP contribution in [0.2, 0.25) is 0 Å². The lowest BCUT2D eigenvalue weighted by Gasteiger charge is -2.40. The monoisotopic (exact) mass is 297 g/mol. The van der Waals surface area contributed by atoms with Gasteiger partial charge in [0.05, 0.1) is 12.0 Å². The Morgan fingerprint density at radius 3 is 2.29 bits per heavy atom. The molecular weight excluding hydrogens is 270 g/mol. The van der Waals surface area contributed by atoms with Crippen LogP contribution in [-0.2, 0) is 14.3 Å². The summed E-state index contributed by atoms with van der Waals surface area (Å²) < 4.78 is 10.6. The molecule has 0 radical (unpaired) electrons. The lowest BCUT2D eigenvalue weighted by Crippen LogP contribution is -2.48. The van der Waals surface area contributed by atoms with E-state index in [0.29, 0.717) is 39.0 Å². The highest BCUT2D eigenvalue weighted by atomic mass is 16.6. The molecule has 0 saturated carbocycles. The zero-order valence-electron chi connectivity index (χ0n) is 13.6. The van der Waals surface area contributed by atoms with Gasteiger partial charge in [-0.2, -0.15) is 0 Å². The van der Waals surface area contributed by atoms with Crippen molar-refractivity contribution < 1.29 is 19.1 Å². The minimum absolute atomic E-state index is 0.196. The highest BCUT2D eigenvalue weighted by molar-refractivity contribution is 5.78. The summed E-state index contributed by atoms with van der Waals surface area (Å²) in [5.74, 6) is -0.196. The molecule has 0 unspecified atom stereocenters. The number of carbonyl (C=O) groups excluding carboxylic acids is 2. The van der Waals surface area contributed by atoms with Gasteiger partial charge in [-0.25, -0.2) is 4.79 Å². The number of carbonyl (C=O) groups is 2. The van der Waals surface area contributed by atoms with Gasteiger partial charge in [-0.15, -0.1) is 6.58 Å². The number of rotatable bonds is 4. The Morgan fingerprint density at radius 1 is 1.29 bits per heavy atom. The Hall–Kier alpha value is -1.52. The van der Waals surface area contributed by atoms with E-state index in [1.807, 2.05) is 20.8 Å². The van der Waals surface area contributed by atoms with Crippen LogP contribution in [-0.4, -0.2) is 42.3 Å². The van der Waals surface area contributed by atoms with Crippen LogP contribution in [0, 0.1) is 5.41 Å². The number of piperidine rings is 1. The molecule has 0 bridgehead atoms. The van der Waals surface area contributed by atoms with E-state index in [4.69, 9.17) is 9.47 Å². The maximum Gasteiger partial charge on any atom is 0.409 e. The van der Waals surface area contributed by atoms with Crippen LogP contribution in [0.5, 0.6) is 0 Å². The third kappa shape index (κ3) is 4.76. The summed E-state index contributed by atoms with van der Waals surface area (Å²) in [6, 6.07) is 0. The SMILES string of the molecule is C=CCC1(C(=O)OC(C)(C)C)CCN(C(=O)OCC)CC1. The summed E-state index contributed by atoms with van der Waals surface area (Å²) >= 11 is 0. The van der Waals surface area contributed by atoms with Gasteiger partial charge in [0.15, 0.2) is 0 Å². The van der Waals surface area contributed by atoms with Gasteiger partial charge in [-0.3, -0.25) is 4.79 Å². The first kappa shape index (κ1) is 17.5. The second kappa shape index (κ2) is 6.96. The van der Waals surface area contributed by atoms with Crippen molar-refractivity contribution in [2.24, 2.45) is 5.41 Å². The second-order valence-electron chi connectivity index (χ2n) is 6.46. The molecule has 0 aromatic heterocycles. The molecule has 21 heavy (non-hydrogen) atoms. The highest BCUT2D eigenvalue weighted by Gasteiger charge is 2.44. The summed E-state index contributed by atoms with van der Waals surface area (Å²) in [6.45, 7) is 12.5. The van der Waals surface area contributed by atoms with Crippen LogP contribution >= 0.6 is 0 Å². The van der Waals surface area contributed by atoms with Gasteiger partial charge in [0.2, 0.25) is 0 Å². The van der Waals surface area contributed by atoms with Gasteiger partial charge in [0, 0.05) is 13.1 Å². The first-order valence-corrected chi connectivity index (χ1v) is 7.50. The fourth-order valence-corrected chi connectivity index (χ4v) is 2.49. The molecule has 1 aliphatic rings. The van der Waals surface area contributed by atoms with E-state index >= 15 is 0 Å². The fourth-order valence-electron chi connectivity index (χ4n) is 2.49. The summed E-state index contributed by atoms with van der Waals surface area (Å²) in [6.07, 6.45) is 3.16. The van der Waals surface area contributed by atoms with Crippen molar-refractivity contribution in [3.8, 4) is 0 Å². The summed E-state index contributed by atoms with van der Waals surface area (Å²) in [4.78, 5) is 25.9. The highest BCUT2D eigenvalue weighted by Crippen LogP contribution is 2.38. The number of hydrogen-bond acceptors (Lipinski definition) is 4. The lowest BCUT2D eigenvalue weighted by atomic mass is 9.75. The Morgan fingerprint density at radius 2 is 1.86 bits per heavy atom. The molecular formula is C16H27NO4. The minimum atomic E-state index is -0.571. The maximum absolute atomic E-state index is 12.5. The van der Waals surface area contributed by atoms with Gasteiger partial charge >= 0.3 is 12.1 Å². The van der Waals surface area contributed by atoms with E-state index in [0.717, 1.165) is 0 Å². The van der Waals surface area contributed by atoms with Crippen molar-refractivity contribution >= 4 is 12.1 Å². The van der Waals surface area contributed by atoms with E-state index in [1.54, 1.807) is 17.9 Å². The third-order valence-electron chi connectivity index (χ3n) is 3.61. The van der Waals surface area contributed by atoms with E-state index in [2.05, 4.69) is 6.58 Å². The molecule has 0 aromatic rings. The molecule has 5 nitrogen and oxygen atoms in total. The molecule has 1 heterocycles. The molecule has 0 atom stereocenters. The van der Waals surface area contributed by atoms with Crippen molar-refractivity contribution in [2.45, 2.75) is 52.6 Å². The predicted octanol–water partition coefficient (Wildman–Crippen LogP) is 3.14. The van der Waals surface area contributed by atoms with Crippen LogP contribution in [0.3, 0.4) is 0 Å². The Bertz CT molecular complexity index is 390. The van der Waals surface area contributed by atoms with Crippen LogP contribution in [0.25, 0.3) is 0 Å². The first-order valence-electron chi connectivity index (χ1n) is 7.50. The van der Waals surface area contributed by atoms with Gasteiger partial charge in [0.25, 0.3) is 0 Å². The first-order chi connectivity index (χ1) is 9.74. The quantitative estimate of drug-likeness (QED) is 0.591. The second-order valence-corrected chi connectivity index (χ2v) is 6.46. The molecule has 1 rings (SSSR count). The molecule has 0 aromatic carbocycles. The van der Waals surface area contributed by atoms with E-state index in [-0.39, 0.29) is 12.1 Å². The zero-order valence-corrected chi connectivity index (χ0v) is 13.6. The third-order valence-corrected chi connectivity index (χ3v) is 3.61. The normalized spacial score (nSPS) is 18.0. The maximum atomic E-state index is 12.5. The van der Waals surface area contributed by atoms with Crippen LogP contribution in [0.1, 0.15) is 47.0 Å². The Balaban J connectivity index is 2.75. The molecule has 1 amide bonds. The largest absolute Gasteiger partial charge is 0.460 e. The summed E-state index contributed by atoms with van der Waals surface area (Å²) in [7, 11) is 0.